The highest BCUT2D eigenvalue weighted by Gasteiger charge is 2.34. The summed E-state index contributed by atoms with van der Waals surface area (Å²) in [7, 11) is 0. The summed E-state index contributed by atoms with van der Waals surface area (Å²) in [5.74, 6) is -1.35. The Bertz CT molecular complexity index is 2470. The van der Waals surface area contributed by atoms with Crippen molar-refractivity contribution in [3.8, 4) is 11.8 Å². The van der Waals surface area contributed by atoms with E-state index in [1.807, 2.05) is 27.7 Å². The van der Waals surface area contributed by atoms with Crippen LogP contribution < -0.4 is 31.5 Å². The third-order valence-corrected chi connectivity index (χ3v) is 7.91. The number of nitrogens with one attached hydrogen (secondary N) is 6. The summed E-state index contributed by atoms with van der Waals surface area (Å²) < 4.78 is 88.6. The second kappa shape index (κ2) is 18.6. The van der Waals surface area contributed by atoms with Crippen molar-refractivity contribution in [2.45, 2.75) is 40.0 Å². The number of hydrogen-bond acceptors (Lipinski definition) is 8. The molecule has 6 rings (SSSR count). The van der Waals surface area contributed by atoms with Crippen molar-refractivity contribution in [3.63, 3.8) is 0 Å². The number of pyridine rings is 2. The molecule has 2 amide bonds. The number of rotatable bonds is 12. The lowest BCUT2D eigenvalue weighted by molar-refractivity contribution is -0.142. The number of alkyl halides is 6. The Kier molecular flexibility index (Phi) is 13.7. The van der Waals surface area contributed by atoms with Gasteiger partial charge in [-0.2, -0.15) is 26.3 Å². The van der Waals surface area contributed by atoms with E-state index in [4.69, 9.17) is 9.47 Å². The molecule has 0 atom stereocenters. The van der Waals surface area contributed by atoms with Crippen LogP contribution in [0.5, 0.6) is 11.8 Å². The van der Waals surface area contributed by atoms with Crippen LogP contribution in [0.3, 0.4) is 0 Å². The lowest BCUT2D eigenvalue weighted by Gasteiger charge is -2.13. The molecular formula is C40H38F6N8O6. The molecule has 4 aromatic heterocycles. The highest BCUT2D eigenvalue weighted by Crippen LogP contribution is 2.32. The number of nitrogens with zero attached hydrogens (tertiary/aromatic N) is 2. The van der Waals surface area contributed by atoms with Gasteiger partial charge in [0.05, 0.1) is 46.7 Å². The number of para-hydroxylation sites is 2. The minimum Gasteiger partial charge on any atom is -0.477 e. The molecule has 0 saturated carbocycles. The fourth-order valence-corrected chi connectivity index (χ4v) is 5.20. The van der Waals surface area contributed by atoms with Crippen LogP contribution in [0.15, 0.2) is 82.4 Å². The molecule has 20 heteroatoms. The molecule has 0 aliphatic carbocycles. The lowest BCUT2D eigenvalue weighted by Crippen LogP contribution is -2.12. The number of carbonyl (C=O) groups excluding carboxylic acids is 2. The van der Waals surface area contributed by atoms with Gasteiger partial charge in [-0.05, 0) is 72.5 Å². The standard InChI is InChI=1S/2C20H19F3N4O3/c2*1-11(2)10-30-18-12(6-8-15(26-18)20(21,22)23)7-9-16(28)24-13-4-3-5-14-17(13)27-19(29)25-14/h2*3-9,11H,10H2,1-2H3,(H,24,28)(H2,25,27,29)/b2*9-7+. The van der Waals surface area contributed by atoms with Crippen LogP contribution in [-0.4, -0.2) is 54.9 Å². The van der Waals surface area contributed by atoms with E-state index in [1.165, 1.54) is 24.3 Å². The fraction of sp³-hybridized carbons (Fsp3) is 0.250. The number of benzene rings is 2. The van der Waals surface area contributed by atoms with Gasteiger partial charge >= 0.3 is 23.7 Å². The topological polar surface area (TPSA) is 200 Å². The number of imidazole rings is 2. The van der Waals surface area contributed by atoms with Gasteiger partial charge in [0.15, 0.2) is 0 Å². The van der Waals surface area contributed by atoms with Gasteiger partial charge in [0.1, 0.15) is 11.4 Å². The van der Waals surface area contributed by atoms with Crippen LogP contribution in [0.2, 0.25) is 0 Å². The molecule has 6 aromatic rings. The van der Waals surface area contributed by atoms with Crippen LogP contribution >= 0.6 is 0 Å². The fourth-order valence-electron chi connectivity index (χ4n) is 5.20. The molecular weight excluding hydrogens is 802 g/mol. The second-order valence-corrected chi connectivity index (χ2v) is 13.8. The number of carbonyl (C=O) groups is 2. The van der Waals surface area contributed by atoms with Crippen molar-refractivity contribution in [2.75, 3.05) is 23.8 Å². The number of fused-ring (bicyclic) bond motifs is 2. The molecule has 6 N–H and O–H groups in total. The van der Waals surface area contributed by atoms with Crippen molar-refractivity contribution in [2.24, 2.45) is 11.8 Å². The lowest BCUT2D eigenvalue weighted by atomic mass is 10.2. The molecule has 0 spiro atoms. The molecule has 316 valence electrons. The predicted molar refractivity (Wildman–Crippen MR) is 212 cm³/mol. The summed E-state index contributed by atoms with van der Waals surface area (Å²) >= 11 is 0. The maximum Gasteiger partial charge on any atom is 0.433 e. The number of hydrogen-bond donors (Lipinski definition) is 6. The number of amides is 2. The number of ether oxygens (including phenoxy) is 2. The Labute approximate surface area is 336 Å². The van der Waals surface area contributed by atoms with E-state index in [2.05, 4.69) is 40.5 Å². The number of H-pyrrole nitrogens is 4. The summed E-state index contributed by atoms with van der Waals surface area (Å²) in [5.41, 5.74) is 0.148. The van der Waals surface area contributed by atoms with E-state index in [1.54, 1.807) is 36.4 Å². The zero-order valence-electron chi connectivity index (χ0n) is 32.3. The third kappa shape index (κ3) is 12.0. The first-order valence-corrected chi connectivity index (χ1v) is 18.1. The zero-order valence-corrected chi connectivity index (χ0v) is 32.3. The molecule has 60 heavy (non-hydrogen) atoms. The minimum absolute atomic E-state index is 0.0745. The first-order valence-electron chi connectivity index (χ1n) is 18.1. The molecule has 0 aliphatic heterocycles. The predicted octanol–water partition coefficient (Wildman–Crippen LogP) is 7.91. The molecule has 0 fully saturated rings. The van der Waals surface area contributed by atoms with Crippen LogP contribution in [0.4, 0.5) is 37.7 Å². The maximum atomic E-state index is 13.0. The molecule has 2 aromatic carbocycles. The molecule has 0 bridgehead atoms. The van der Waals surface area contributed by atoms with E-state index in [9.17, 15) is 45.5 Å². The van der Waals surface area contributed by atoms with E-state index in [-0.39, 0.29) is 47.9 Å². The van der Waals surface area contributed by atoms with Crippen LogP contribution in [0, 0.1) is 11.8 Å². The van der Waals surface area contributed by atoms with Gasteiger partial charge in [0.2, 0.25) is 23.6 Å². The quantitative estimate of drug-likeness (QED) is 0.0527. The Hall–Kier alpha value is -7.12. The van der Waals surface area contributed by atoms with Gasteiger partial charge in [-0.3, -0.25) is 9.59 Å². The highest BCUT2D eigenvalue weighted by molar-refractivity contribution is 6.07. The summed E-state index contributed by atoms with van der Waals surface area (Å²) in [6.07, 6.45) is -4.29. The summed E-state index contributed by atoms with van der Waals surface area (Å²) in [5, 5.41) is 5.23. The molecule has 4 heterocycles. The summed E-state index contributed by atoms with van der Waals surface area (Å²) in [4.78, 5) is 64.9. The van der Waals surface area contributed by atoms with Gasteiger partial charge in [-0.25, -0.2) is 19.6 Å². The van der Waals surface area contributed by atoms with E-state index < -0.39 is 46.9 Å². The number of aromatic nitrogens is 6. The minimum atomic E-state index is -4.61. The molecule has 0 unspecified atom stereocenters. The first kappa shape index (κ1) is 44.0. The van der Waals surface area contributed by atoms with Gasteiger partial charge < -0.3 is 40.0 Å². The molecule has 0 aliphatic rings. The molecule has 14 nitrogen and oxygen atoms in total. The number of halogens is 6. The molecule has 0 radical (unpaired) electrons. The Morgan fingerprint density at radius 2 is 1.00 bits per heavy atom. The van der Waals surface area contributed by atoms with Gasteiger partial charge in [0.25, 0.3) is 0 Å². The third-order valence-electron chi connectivity index (χ3n) is 7.91. The Morgan fingerprint density at radius 3 is 1.35 bits per heavy atom. The average Bonchev–Trinajstić information content (AvgIpc) is 3.76. The van der Waals surface area contributed by atoms with E-state index in [0.29, 0.717) is 33.4 Å². The number of aromatic amines is 4. The van der Waals surface area contributed by atoms with Crippen LogP contribution in [0.1, 0.15) is 50.2 Å². The number of anilines is 2. The second-order valence-electron chi connectivity index (χ2n) is 13.8. The SMILES string of the molecule is CC(C)COc1nc(C(F)(F)F)ccc1/C=C/C(=O)Nc1cccc2[nH]c(=O)[nH]c12.CC(C)COc1nc(C(F)(F)F)ccc1/C=C/C(=O)Nc1cccc2[nH]c(=O)[nH]c12. The summed E-state index contributed by atoms with van der Waals surface area (Å²) in [6.45, 7) is 7.74. The zero-order chi connectivity index (χ0) is 43.8. The van der Waals surface area contributed by atoms with Crippen LogP contribution in [0.25, 0.3) is 34.2 Å². The Morgan fingerprint density at radius 1 is 0.617 bits per heavy atom. The van der Waals surface area contributed by atoms with Crippen molar-refractivity contribution in [1.82, 2.24) is 29.9 Å². The Balaban J connectivity index is 0.000000228. The van der Waals surface area contributed by atoms with Crippen molar-refractivity contribution < 1.29 is 45.4 Å². The van der Waals surface area contributed by atoms with Crippen molar-refractivity contribution >= 4 is 57.4 Å². The van der Waals surface area contributed by atoms with Crippen molar-refractivity contribution in [1.29, 1.82) is 0 Å². The molecule has 0 saturated heterocycles. The van der Waals surface area contributed by atoms with E-state index >= 15 is 0 Å². The van der Waals surface area contributed by atoms with Crippen LogP contribution in [-0.2, 0) is 21.9 Å². The smallest absolute Gasteiger partial charge is 0.433 e. The normalized spacial score (nSPS) is 12.1. The first-order chi connectivity index (χ1) is 28.3. The van der Waals surface area contributed by atoms with Gasteiger partial charge in [-0.1, -0.05) is 39.8 Å². The summed E-state index contributed by atoms with van der Waals surface area (Å²) in [6, 6.07) is 13.9. The monoisotopic (exact) mass is 840 g/mol. The van der Waals surface area contributed by atoms with Gasteiger partial charge in [-0.15, -0.1) is 0 Å². The largest absolute Gasteiger partial charge is 0.477 e. The van der Waals surface area contributed by atoms with Gasteiger partial charge in [0, 0.05) is 23.3 Å². The highest BCUT2D eigenvalue weighted by atomic mass is 19.4. The van der Waals surface area contributed by atoms with Crippen molar-refractivity contribution in [3.05, 3.63) is 116 Å². The van der Waals surface area contributed by atoms with E-state index in [0.717, 1.165) is 24.3 Å². The maximum absolute atomic E-state index is 13.0. The average molecular weight is 841 g/mol.